The summed E-state index contributed by atoms with van der Waals surface area (Å²) in [7, 11) is 0. The summed E-state index contributed by atoms with van der Waals surface area (Å²) in [5, 5.41) is 6.23. The Kier molecular flexibility index (Phi) is 7.75. The van der Waals surface area contributed by atoms with E-state index in [4.69, 9.17) is 4.74 Å². The number of carbonyl (C=O) groups is 2. The van der Waals surface area contributed by atoms with E-state index >= 15 is 0 Å². The minimum Gasteiger partial charge on any atom is -0.494 e. The standard InChI is InChI=1S/C25H32N4O4/c30-23-10-9-21(26-27-23)18-24(31)28-12-14-29(15-13-28)25(32)20-7-4-8-22(17-20)33-16-11-19-5-2-1-3-6-19/h4,7-10,17,19H,1-3,5-6,11-16,18H2,(H,27,30). The van der Waals surface area contributed by atoms with Gasteiger partial charge < -0.3 is 14.5 Å². The third-order valence-corrected chi connectivity index (χ3v) is 6.59. The summed E-state index contributed by atoms with van der Waals surface area (Å²) in [5.41, 5.74) is 0.845. The molecule has 2 heterocycles. The molecule has 4 rings (SSSR count). The molecule has 8 heteroatoms. The second-order valence-corrected chi connectivity index (χ2v) is 8.93. The molecule has 2 aliphatic rings. The van der Waals surface area contributed by atoms with Gasteiger partial charge in [0.25, 0.3) is 11.5 Å². The van der Waals surface area contributed by atoms with E-state index in [2.05, 4.69) is 10.2 Å². The highest BCUT2D eigenvalue weighted by Gasteiger charge is 2.25. The van der Waals surface area contributed by atoms with Crippen LogP contribution in [-0.2, 0) is 11.2 Å². The van der Waals surface area contributed by atoms with Gasteiger partial charge in [0.1, 0.15) is 5.75 Å². The highest BCUT2D eigenvalue weighted by Crippen LogP contribution is 2.26. The zero-order valence-corrected chi connectivity index (χ0v) is 19.0. The number of rotatable bonds is 7. The summed E-state index contributed by atoms with van der Waals surface area (Å²) < 4.78 is 5.95. The number of aromatic nitrogens is 2. The molecule has 1 aromatic heterocycles. The molecule has 2 aromatic rings. The predicted molar refractivity (Wildman–Crippen MR) is 124 cm³/mol. The lowest BCUT2D eigenvalue weighted by molar-refractivity contribution is -0.132. The van der Waals surface area contributed by atoms with Crippen LogP contribution in [0.1, 0.15) is 54.6 Å². The number of ether oxygens (including phenoxy) is 1. The minimum absolute atomic E-state index is 0.0397. The summed E-state index contributed by atoms with van der Waals surface area (Å²) in [6, 6.07) is 10.3. The highest BCUT2D eigenvalue weighted by molar-refractivity contribution is 5.94. The Bertz CT molecular complexity index is 987. The molecule has 0 atom stereocenters. The van der Waals surface area contributed by atoms with Crippen molar-refractivity contribution in [2.75, 3.05) is 32.8 Å². The summed E-state index contributed by atoms with van der Waals surface area (Å²) in [6.07, 6.45) is 7.83. The summed E-state index contributed by atoms with van der Waals surface area (Å²) in [5.74, 6) is 1.40. The number of carbonyl (C=O) groups excluding carboxylic acids is 2. The fourth-order valence-corrected chi connectivity index (χ4v) is 4.62. The van der Waals surface area contributed by atoms with E-state index in [0.29, 0.717) is 44.0 Å². The van der Waals surface area contributed by atoms with Crippen LogP contribution >= 0.6 is 0 Å². The lowest BCUT2D eigenvalue weighted by Crippen LogP contribution is -2.51. The van der Waals surface area contributed by atoms with Crippen LogP contribution in [0.4, 0.5) is 0 Å². The van der Waals surface area contributed by atoms with Crippen molar-refractivity contribution in [3.63, 3.8) is 0 Å². The van der Waals surface area contributed by atoms with Crippen molar-refractivity contribution in [3.8, 4) is 5.75 Å². The van der Waals surface area contributed by atoms with E-state index in [0.717, 1.165) is 18.1 Å². The number of piperazine rings is 1. The van der Waals surface area contributed by atoms with Crippen LogP contribution in [0, 0.1) is 5.92 Å². The van der Waals surface area contributed by atoms with Crippen molar-refractivity contribution < 1.29 is 14.3 Å². The number of hydrogen-bond donors (Lipinski definition) is 1. The smallest absolute Gasteiger partial charge is 0.264 e. The van der Waals surface area contributed by atoms with E-state index in [-0.39, 0.29) is 23.8 Å². The molecule has 1 aliphatic heterocycles. The first-order valence-electron chi connectivity index (χ1n) is 11.9. The van der Waals surface area contributed by atoms with E-state index in [9.17, 15) is 14.4 Å². The first-order valence-corrected chi connectivity index (χ1v) is 11.9. The summed E-state index contributed by atoms with van der Waals surface area (Å²) >= 11 is 0. The minimum atomic E-state index is -0.294. The number of aromatic amines is 1. The Morgan fingerprint density at radius 1 is 1.00 bits per heavy atom. The van der Waals surface area contributed by atoms with Crippen molar-refractivity contribution in [3.05, 3.63) is 58.0 Å². The monoisotopic (exact) mass is 452 g/mol. The Labute approximate surface area is 193 Å². The third kappa shape index (κ3) is 6.43. The zero-order chi connectivity index (χ0) is 23.0. The topological polar surface area (TPSA) is 95.6 Å². The van der Waals surface area contributed by atoms with Crippen LogP contribution in [0.3, 0.4) is 0 Å². The van der Waals surface area contributed by atoms with Gasteiger partial charge in [0, 0.05) is 37.8 Å². The molecule has 176 valence electrons. The molecule has 1 N–H and O–H groups in total. The van der Waals surface area contributed by atoms with E-state index < -0.39 is 0 Å². The van der Waals surface area contributed by atoms with Crippen LogP contribution in [0.2, 0.25) is 0 Å². The van der Waals surface area contributed by atoms with Gasteiger partial charge in [-0.05, 0) is 36.6 Å². The average molecular weight is 453 g/mol. The fraction of sp³-hybridized carbons (Fsp3) is 0.520. The SMILES string of the molecule is O=C(Cc1ccc(=O)[nH]n1)N1CCN(C(=O)c2cccc(OCCC3CCCCC3)c2)CC1. The Hall–Kier alpha value is -3.16. The molecular weight excluding hydrogens is 420 g/mol. The van der Waals surface area contributed by atoms with Gasteiger partial charge in [0.15, 0.2) is 0 Å². The van der Waals surface area contributed by atoms with Crippen LogP contribution in [0.15, 0.2) is 41.2 Å². The van der Waals surface area contributed by atoms with Crippen LogP contribution < -0.4 is 10.3 Å². The van der Waals surface area contributed by atoms with Crippen LogP contribution in [-0.4, -0.2) is 64.6 Å². The van der Waals surface area contributed by atoms with Crippen molar-refractivity contribution in [2.24, 2.45) is 5.92 Å². The molecular formula is C25H32N4O4. The Morgan fingerprint density at radius 2 is 1.76 bits per heavy atom. The van der Waals surface area contributed by atoms with E-state index in [1.54, 1.807) is 15.9 Å². The van der Waals surface area contributed by atoms with Gasteiger partial charge in [0.2, 0.25) is 5.91 Å². The largest absolute Gasteiger partial charge is 0.494 e. The molecule has 0 unspecified atom stereocenters. The molecule has 1 aliphatic carbocycles. The van der Waals surface area contributed by atoms with Gasteiger partial charge in [-0.1, -0.05) is 38.2 Å². The summed E-state index contributed by atoms with van der Waals surface area (Å²) in [6.45, 7) is 2.61. The molecule has 1 saturated heterocycles. The number of hydrogen-bond acceptors (Lipinski definition) is 5. The molecule has 0 bridgehead atoms. The molecule has 1 saturated carbocycles. The summed E-state index contributed by atoms with van der Waals surface area (Å²) in [4.78, 5) is 40.2. The average Bonchev–Trinajstić information content (AvgIpc) is 2.86. The van der Waals surface area contributed by atoms with Gasteiger partial charge in [-0.2, -0.15) is 5.10 Å². The maximum absolute atomic E-state index is 13.0. The van der Waals surface area contributed by atoms with Gasteiger partial charge in [-0.3, -0.25) is 14.4 Å². The molecule has 0 radical (unpaired) electrons. The molecule has 2 amide bonds. The number of benzene rings is 1. The number of amides is 2. The lowest BCUT2D eigenvalue weighted by atomic mass is 9.87. The lowest BCUT2D eigenvalue weighted by Gasteiger charge is -2.34. The maximum Gasteiger partial charge on any atom is 0.264 e. The Morgan fingerprint density at radius 3 is 2.48 bits per heavy atom. The number of nitrogens with one attached hydrogen (secondary N) is 1. The maximum atomic E-state index is 13.0. The molecule has 8 nitrogen and oxygen atoms in total. The molecule has 2 fully saturated rings. The normalized spacial score (nSPS) is 17.1. The quantitative estimate of drug-likeness (QED) is 0.697. The van der Waals surface area contributed by atoms with Gasteiger partial charge in [-0.15, -0.1) is 0 Å². The fourth-order valence-electron chi connectivity index (χ4n) is 4.62. The van der Waals surface area contributed by atoms with E-state index in [1.165, 1.54) is 38.2 Å². The molecule has 1 aromatic carbocycles. The molecule has 0 spiro atoms. The predicted octanol–water partition coefficient (Wildman–Crippen LogP) is 2.65. The first kappa shape index (κ1) is 23.0. The van der Waals surface area contributed by atoms with Crippen molar-refractivity contribution in [2.45, 2.75) is 44.9 Å². The van der Waals surface area contributed by atoms with Gasteiger partial charge in [0.05, 0.1) is 18.7 Å². The van der Waals surface area contributed by atoms with E-state index in [1.807, 2.05) is 24.3 Å². The van der Waals surface area contributed by atoms with Crippen molar-refractivity contribution in [1.82, 2.24) is 20.0 Å². The van der Waals surface area contributed by atoms with Crippen molar-refractivity contribution in [1.29, 1.82) is 0 Å². The highest BCUT2D eigenvalue weighted by atomic mass is 16.5. The Balaban J connectivity index is 1.25. The van der Waals surface area contributed by atoms with Crippen LogP contribution in [0.5, 0.6) is 5.75 Å². The van der Waals surface area contributed by atoms with Gasteiger partial charge in [-0.25, -0.2) is 5.10 Å². The third-order valence-electron chi connectivity index (χ3n) is 6.59. The second-order valence-electron chi connectivity index (χ2n) is 8.93. The van der Waals surface area contributed by atoms with Gasteiger partial charge >= 0.3 is 0 Å². The number of H-pyrrole nitrogens is 1. The van der Waals surface area contributed by atoms with Crippen molar-refractivity contribution >= 4 is 11.8 Å². The molecule has 33 heavy (non-hydrogen) atoms. The second kappa shape index (κ2) is 11.1. The zero-order valence-electron chi connectivity index (χ0n) is 19.0. The number of nitrogens with zero attached hydrogens (tertiary/aromatic N) is 3. The first-order chi connectivity index (χ1) is 16.1. The van der Waals surface area contributed by atoms with Crippen LogP contribution in [0.25, 0.3) is 0 Å².